The Morgan fingerprint density at radius 2 is 1.87 bits per heavy atom. The van der Waals surface area contributed by atoms with Crippen molar-refractivity contribution in [1.29, 1.82) is 0 Å². The minimum atomic E-state index is -4.53. The van der Waals surface area contributed by atoms with Crippen molar-refractivity contribution in [3.05, 3.63) is 70.5 Å². The fraction of sp³-hybridized carbons (Fsp3) is 0.393. The standard InChI is InChI=1S/C28H33FN4O5S/c1-17-8-9-18(2)33(17)25-24(27(35)32-39(36,37)23-7-6-11-31-26(23)34)22(10-12-30-25)19-13-20(29)15-21(14-19)38-16-28(3,4)5/h6-7,10-15,17-18H,8-9,16H2,1-5H3,(H,31,34)(H,32,35)/t17-,18+. The fourth-order valence-corrected chi connectivity index (χ4v) is 5.69. The molecule has 2 N–H and O–H groups in total. The van der Waals surface area contributed by atoms with Gasteiger partial charge in [0, 0.05) is 30.5 Å². The first-order chi connectivity index (χ1) is 18.3. The number of ether oxygens (including phenoxy) is 1. The quantitative estimate of drug-likeness (QED) is 0.440. The van der Waals surface area contributed by atoms with Gasteiger partial charge in [0.15, 0.2) is 4.90 Å². The summed E-state index contributed by atoms with van der Waals surface area (Å²) in [5.74, 6) is -1.01. The Balaban J connectivity index is 1.85. The Bertz CT molecular complexity index is 1540. The number of aromatic nitrogens is 2. The molecule has 2 aromatic heterocycles. The molecule has 9 nitrogen and oxygen atoms in total. The van der Waals surface area contributed by atoms with Crippen molar-refractivity contribution in [1.82, 2.24) is 14.7 Å². The molecule has 0 unspecified atom stereocenters. The molecular weight excluding hydrogens is 523 g/mol. The van der Waals surface area contributed by atoms with Crippen molar-refractivity contribution in [3.63, 3.8) is 0 Å². The van der Waals surface area contributed by atoms with Gasteiger partial charge in [-0.05, 0) is 73.6 Å². The van der Waals surface area contributed by atoms with E-state index in [1.54, 1.807) is 6.07 Å². The van der Waals surface area contributed by atoms with Crippen LogP contribution in [0.2, 0.25) is 0 Å². The van der Waals surface area contributed by atoms with E-state index in [4.69, 9.17) is 4.74 Å². The Labute approximate surface area is 227 Å². The van der Waals surface area contributed by atoms with Crippen molar-refractivity contribution in [2.45, 2.75) is 64.4 Å². The Kier molecular flexibility index (Phi) is 7.83. The van der Waals surface area contributed by atoms with Crippen LogP contribution in [0.25, 0.3) is 11.1 Å². The monoisotopic (exact) mass is 556 g/mol. The molecule has 0 radical (unpaired) electrons. The number of hydrogen-bond donors (Lipinski definition) is 2. The fourth-order valence-electron chi connectivity index (χ4n) is 4.67. The van der Waals surface area contributed by atoms with Crippen LogP contribution in [0.3, 0.4) is 0 Å². The summed E-state index contributed by atoms with van der Waals surface area (Å²) in [6.07, 6.45) is 4.52. The summed E-state index contributed by atoms with van der Waals surface area (Å²) in [6.45, 7) is 10.3. The third kappa shape index (κ3) is 6.30. The summed E-state index contributed by atoms with van der Waals surface area (Å²) in [5, 5.41) is 0. The summed E-state index contributed by atoms with van der Waals surface area (Å²) in [7, 11) is -4.53. The number of sulfonamides is 1. The zero-order chi connectivity index (χ0) is 28.5. The minimum Gasteiger partial charge on any atom is -0.493 e. The van der Waals surface area contributed by atoms with Crippen molar-refractivity contribution in [3.8, 4) is 16.9 Å². The summed E-state index contributed by atoms with van der Waals surface area (Å²) < 4.78 is 48.8. The van der Waals surface area contributed by atoms with E-state index in [0.29, 0.717) is 12.2 Å². The molecule has 39 heavy (non-hydrogen) atoms. The van der Waals surface area contributed by atoms with E-state index in [1.807, 2.05) is 44.2 Å². The zero-order valence-electron chi connectivity index (χ0n) is 22.6. The second kappa shape index (κ2) is 10.8. The first-order valence-electron chi connectivity index (χ1n) is 12.7. The van der Waals surface area contributed by atoms with Gasteiger partial charge in [-0.1, -0.05) is 20.8 Å². The minimum absolute atomic E-state index is 0.0288. The molecule has 0 saturated carbocycles. The predicted octanol–water partition coefficient (Wildman–Crippen LogP) is 4.50. The number of benzene rings is 1. The lowest BCUT2D eigenvalue weighted by Crippen LogP contribution is -2.38. The molecule has 4 rings (SSSR count). The van der Waals surface area contributed by atoms with Gasteiger partial charge in [-0.3, -0.25) is 9.59 Å². The van der Waals surface area contributed by atoms with Crippen molar-refractivity contribution in [2.75, 3.05) is 11.5 Å². The lowest BCUT2D eigenvalue weighted by Gasteiger charge is -2.30. The highest BCUT2D eigenvalue weighted by atomic mass is 32.2. The largest absolute Gasteiger partial charge is 0.493 e. The maximum Gasteiger partial charge on any atom is 0.269 e. The Morgan fingerprint density at radius 3 is 2.51 bits per heavy atom. The smallest absolute Gasteiger partial charge is 0.269 e. The third-order valence-electron chi connectivity index (χ3n) is 6.51. The van der Waals surface area contributed by atoms with Gasteiger partial charge in [-0.15, -0.1) is 0 Å². The molecule has 1 aliphatic rings. The van der Waals surface area contributed by atoms with Crippen LogP contribution in [-0.4, -0.2) is 43.0 Å². The van der Waals surface area contributed by atoms with Crippen LogP contribution in [0, 0.1) is 11.2 Å². The SMILES string of the molecule is C[C@@H]1CC[C@H](C)N1c1nccc(-c2cc(F)cc(OCC(C)(C)C)c2)c1C(=O)NS(=O)(=O)c1ccc[nH]c1=O. The van der Waals surface area contributed by atoms with Crippen LogP contribution >= 0.6 is 0 Å². The molecule has 1 aliphatic heterocycles. The highest BCUT2D eigenvalue weighted by Crippen LogP contribution is 2.37. The van der Waals surface area contributed by atoms with Gasteiger partial charge in [-0.25, -0.2) is 22.5 Å². The van der Waals surface area contributed by atoms with Crippen LogP contribution in [0.1, 0.15) is 57.8 Å². The molecule has 11 heteroatoms. The van der Waals surface area contributed by atoms with Crippen LogP contribution in [-0.2, 0) is 10.0 Å². The normalized spacial score (nSPS) is 17.7. The van der Waals surface area contributed by atoms with Gasteiger partial charge in [0.05, 0.1) is 12.2 Å². The number of carbonyl (C=O) groups excluding carboxylic acids is 1. The first kappa shape index (κ1) is 28.3. The highest BCUT2D eigenvalue weighted by molar-refractivity contribution is 7.90. The van der Waals surface area contributed by atoms with Crippen LogP contribution in [0.4, 0.5) is 10.2 Å². The molecule has 3 aromatic rings. The Hall–Kier alpha value is -3.73. The molecule has 1 amide bonds. The number of aromatic amines is 1. The zero-order valence-corrected chi connectivity index (χ0v) is 23.4. The number of rotatable bonds is 7. The van der Waals surface area contributed by atoms with E-state index in [2.05, 4.69) is 9.97 Å². The van der Waals surface area contributed by atoms with E-state index < -0.39 is 32.2 Å². The second-order valence-electron chi connectivity index (χ2n) is 11.1. The molecule has 1 fully saturated rings. The van der Waals surface area contributed by atoms with Gasteiger partial charge >= 0.3 is 0 Å². The van der Waals surface area contributed by atoms with E-state index in [1.165, 1.54) is 36.7 Å². The van der Waals surface area contributed by atoms with Gasteiger partial charge in [0.1, 0.15) is 17.4 Å². The average molecular weight is 557 g/mol. The highest BCUT2D eigenvalue weighted by Gasteiger charge is 2.34. The van der Waals surface area contributed by atoms with Crippen LogP contribution in [0.15, 0.2) is 58.5 Å². The van der Waals surface area contributed by atoms with Gasteiger partial charge < -0.3 is 14.6 Å². The van der Waals surface area contributed by atoms with E-state index in [9.17, 15) is 22.4 Å². The van der Waals surface area contributed by atoms with E-state index in [-0.39, 0.29) is 40.2 Å². The second-order valence-corrected chi connectivity index (χ2v) is 12.7. The lowest BCUT2D eigenvalue weighted by atomic mass is 9.98. The maximum atomic E-state index is 14.8. The van der Waals surface area contributed by atoms with Gasteiger partial charge in [0.2, 0.25) is 0 Å². The van der Waals surface area contributed by atoms with Crippen LogP contribution in [0.5, 0.6) is 5.75 Å². The molecule has 1 aromatic carbocycles. The van der Waals surface area contributed by atoms with Crippen molar-refractivity contribution in [2.24, 2.45) is 5.41 Å². The van der Waals surface area contributed by atoms with E-state index in [0.717, 1.165) is 18.9 Å². The molecule has 3 heterocycles. The topological polar surface area (TPSA) is 121 Å². The summed E-state index contributed by atoms with van der Waals surface area (Å²) in [6, 6.07) is 8.17. The van der Waals surface area contributed by atoms with E-state index >= 15 is 0 Å². The summed E-state index contributed by atoms with van der Waals surface area (Å²) in [4.78, 5) is 34.1. The molecule has 0 spiro atoms. The summed E-state index contributed by atoms with van der Waals surface area (Å²) in [5.41, 5.74) is -0.478. The number of nitrogens with one attached hydrogen (secondary N) is 2. The molecular formula is C28H33FN4O5S. The number of nitrogens with zero attached hydrogens (tertiary/aromatic N) is 2. The molecule has 208 valence electrons. The number of halogens is 1. The lowest BCUT2D eigenvalue weighted by molar-refractivity contribution is 0.0982. The average Bonchev–Trinajstić information content (AvgIpc) is 3.19. The third-order valence-corrected chi connectivity index (χ3v) is 7.86. The number of pyridine rings is 2. The van der Waals surface area contributed by atoms with Crippen molar-refractivity contribution >= 4 is 21.7 Å². The van der Waals surface area contributed by atoms with Crippen molar-refractivity contribution < 1.29 is 22.3 Å². The van der Waals surface area contributed by atoms with Crippen LogP contribution < -0.4 is 19.9 Å². The summed E-state index contributed by atoms with van der Waals surface area (Å²) >= 11 is 0. The number of H-pyrrole nitrogens is 1. The maximum absolute atomic E-state index is 14.8. The first-order valence-corrected chi connectivity index (χ1v) is 14.2. The number of hydrogen-bond acceptors (Lipinski definition) is 7. The number of anilines is 1. The van der Waals surface area contributed by atoms with Gasteiger partial charge in [0.25, 0.3) is 21.5 Å². The molecule has 0 bridgehead atoms. The molecule has 2 atom stereocenters. The number of amides is 1. The van der Waals surface area contributed by atoms with Gasteiger partial charge in [-0.2, -0.15) is 0 Å². The number of carbonyl (C=O) groups is 1. The predicted molar refractivity (Wildman–Crippen MR) is 147 cm³/mol. The molecule has 1 saturated heterocycles. The Morgan fingerprint density at radius 1 is 1.18 bits per heavy atom. The molecule has 0 aliphatic carbocycles.